The minimum absolute atomic E-state index is 0. The lowest BCUT2D eigenvalue weighted by Crippen LogP contribution is -2.23. The largest absolute Gasteiger partial charge is 0.337 e. The first-order valence-corrected chi connectivity index (χ1v) is 5.79. The third-order valence-corrected chi connectivity index (χ3v) is 2.50. The molecule has 1 aromatic carbocycles. The fourth-order valence-corrected chi connectivity index (χ4v) is 1.71. The van der Waals surface area contributed by atoms with Gasteiger partial charge in [0.1, 0.15) is 0 Å². The molecular formula is C12H15ClF2N4O. The number of amides is 1. The van der Waals surface area contributed by atoms with Crippen LogP contribution < -0.4 is 11.1 Å². The molecule has 1 aromatic heterocycles. The maximum Gasteiger partial charge on any atom is 0.295 e. The van der Waals surface area contributed by atoms with Gasteiger partial charge in [0.15, 0.2) is 5.82 Å². The van der Waals surface area contributed by atoms with Crippen molar-refractivity contribution in [3.63, 3.8) is 0 Å². The molecule has 8 heteroatoms. The number of nitrogens with two attached hydrogens (primary N) is 1. The molecule has 2 rings (SSSR count). The van der Waals surface area contributed by atoms with E-state index < -0.39 is 6.43 Å². The van der Waals surface area contributed by atoms with Crippen LogP contribution in [0.3, 0.4) is 0 Å². The Bertz CT molecular complexity index is 600. The normalized spacial score (nSPS) is 12.2. The predicted molar refractivity (Wildman–Crippen MR) is 75.2 cm³/mol. The van der Waals surface area contributed by atoms with Crippen LogP contribution in [0, 0.1) is 0 Å². The number of carbonyl (C=O) groups is 1. The summed E-state index contributed by atoms with van der Waals surface area (Å²) >= 11 is 0. The number of anilines is 1. The van der Waals surface area contributed by atoms with E-state index in [0.29, 0.717) is 16.7 Å². The van der Waals surface area contributed by atoms with Crippen LogP contribution in [-0.4, -0.2) is 21.9 Å². The van der Waals surface area contributed by atoms with E-state index in [1.165, 1.54) is 0 Å². The van der Waals surface area contributed by atoms with E-state index in [-0.39, 0.29) is 36.6 Å². The third kappa shape index (κ3) is 3.88. The molecule has 1 amide bonds. The highest BCUT2D eigenvalue weighted by atomic mass is 35.5. The van der Waals surface area contributed by atoms with E-state index in [1.54, 1.807) is 25.1 Å². The van der Waals surface area contributed by atoms with E-state index in [2.05, 4.69) is 15.3 Å². The van der Waals surface area contributed by atoms with Gasteiger partial charge in [-0.05, 0) is 25.1 Å². The summed E-state index contributed by atoms with van der Waals surface area (Å²) in [5.74, 6) is -0.600. The van der Waals surface area contributed by atoms with Gasteiger partial charge in [0, 0.05) is 18.2 Å². The number of aromatic amines is 1. The Morgan fingerprint density at radius 2 is 2.20 bits per heavy atom. The molecule has 0 saturated carbocycles. The van der Waals surface area contributed by atoms with Crippen LogP contribution in [0.1, 0.15) is 25.6 Å². The summed E-state index contributed by atoms with van der Waals surface area (Å²) in [7, 11) is 0. The summed E-state index contributed by atoms with van der Waals surface area (Å²) in [5, 5.41) is 2.65. The number of halogens is 3. The lowest BCUT2D eigenvalue weighted by Gasteiger charge is -2.06. The molecule has 1 heterocycles. The SMILES string of the molecule is CC(N)CC(=O)Nc1ccc2nc(C(F)F)[nH]c2c1.Cl. The van der Waals surface area contributed by atoms with Crippen molar-refractivity contribution in [2.45, 2.75) is 25.8 Å². The number of H-pyrrole nitrogens is 1. The second-order valence-corrected chi connectivity index (χ2v) is 4.38. The Morgan fingerprint density at radius 1 is 1.50 bits per heavy atom. The quantitative estimate of drug-likeness (QED) is 0.812. The highest BCUT2D eigenvalue weighted by molar-refractivity contribution is 5.93. The average molecular weight is 305 g/mol. The van der Waals surface area contributed by atoms with Crippen LogP contribution >= 0.6 is 12.4 Å². The zero-order valence-corrected chi connectivity index (χ0v) is 11.5. The van der Waals surface area contributed by atoms with Crippen LogP contribution in [0.4, 0.5) is 14.5 Å². The molecule has 0 saturated heterocycles. The van der Waals surface area contributed by atoms with Gasteiger partial charge in [-0.15, -0.1) is 12.4 Å². The summed E-state index contributed by atoms with van der Waals surface area (Å²) in [6.45, 7) is 1.73. The van der Waals surface area contributed by atoms with Crippen molar-refractivity contribution in [2.75, 3.05) is 5.32 Å². The number of alkyl halides is 2. The number of imidazole rings is 1. The van der Waals surface area contributed by atoms with E-state index in [0.717, 1.165) is 0 Å². The van der Waals surface area contributed by atoms with Crippen LogP contribution in [0.5, 0.6) is 0 Å². The number of nitrogens with one attached hydrogen (secondary N) is 2. The number of fused-ring (bicyclic) bond motifs is 1. The van der Waals surface area contributed by atoms with Crippen LogP contribution in [0.15, 0.2) is 18.2 Å². The van der Waals surface area contributed by atoms with E-state index in [9.17, 15) is 13.6 Å². The second kappa shape index (κ2) is 6.62. The Morgan fingerprint density at radius 3 is 2.80 bits per heavy atom. The third-order valence-electron chi connectivity index (χ3n) is 2.50. The predicted octanol–water partition coefficient (Wildman–Crippen LogP) is 2.60. The number of rotatable bonds is 4. The Kier molecular flexibility index (Phi) is 5.41. The molecular weight excluding hydrogens is 290 g/mol. The Hall–Kier alpha value is -1.73. The van der Waals surface area contributed by atoms with Gasteiger partial charge in [-0.25, -0.2) is 13.8 Å². The van der Waals surface area contributed by atoms with Crippen LogP contribution in [0.2, 0.25) is 0 Å². The fourth-order valence-electron chi connectivity index (χ4n) is 1.71. The van der Waals surface area contributed by atoms with Crippen molar-refractivity contribution in [3.8, 4) is 0 Å². The lowest BCUT2D eigenvalue weighted by molar-refractivity contribution is -0.116. The van der Waals surface area contributed by atoms with Crippen molar-refractivity contribution < 1.29 is 13.6 Å². The van der Waals surface area contributed by atoms with Gasteiger partial charge in [0.05, 0.1) is 11.0 Å². The molecule has 0 bridgehead atoms. The first kappa shape index (κ1) is 16.3. The number of benzene rings is 1. The zero-order chi connectivity index (χ0) is 14.0. The zero-order valence-electron chi connectivity index (χ0n) is 10.7. The topological polar surface area (TPSA) is 83.8 Å². The lowest BCUT2D eigenvalue weighted by atomic mass is 10.2. The summed E-state index contributed by atoms with van der Waals surface area (Å²) in [4.78, 5) is 17.8. The summed E-state index contributed by atoms with van der Waals surface area (Å²) < 4.78 is 25.0. The van der Waals surface area contributed by atoms with Crippen molar-refractivity contribution in [2.24, 2.45) is 5.73 Å². The molecule has 4 N–H and O–H groups in total. The van der Waals surface area contributed by atoms with Gasteiger partial charge in [-0.1, -0.05) is 0 Å². The van der Waals surface area contributed by atoms with E-state index >= 15 is 0 Å². The molecule has 1 atom stereocenters. The van der Waals surface area contributed by atoms with Crippen molar-refractivity contribution in [1.82, 2.24) is 9.97 Å². The molecule has 110 valence electrons. The standard InChI is InChI=1S/C12H14F2N4O.ClH/c1-6(15)4-10(19)16-7-2-3-8-9(5-7)18-12(17-8)11(13)14;/h2-3,5-6,11H,4,15H2,1H3,(H,16,19)(H,17,18);1H. The number of hydrogen-bond donors (Lipinski definition) is 3. The molecule has 0 spiro atoms. The highest BCUT2D eigenvalue weighted by Gasteiger charge is 2.13. The van der Waals surface area contributed by atoms with Crippen LogP contribution in [0.25, 0.3) is 11.0 Å². The van der Waals surface area contributed by atoms with Crippen molar-refractivity contribution >= 4 is 35.0 Å². The molecule has 5 nitrogen and oxygen atoms in total. The van der Waals surface area contributed by atoms with Gasteiger partial charge in [-0.2, -0.15) is 0 Å². The number of nitrogens with zero attached hydrogens (tertiary/aromatic N) is 1. The summed E-state index contributed by atoms with van der Waals surface area (Å²) in [5.41, 5.74) is 6.91. The van der Waals surface area contributed by atoms with Crippen molar-refractivity contribution in [1.29, 1.82) is 0 Å². The monoisotopic (exact) mass is 304 g/mol. The minimum Gasteiger partial charge on any atom is -0.337 e. The highest BCUT2D eigenvalue weighted by Crippen LogP contribution is 2.22. The van der Waals surface area contributed by atoms with Gasteiger partial charge in [0.25, 0.3) is 6.43 Å². The fraction of sp³-hybridized carbons (Fsp3) is 0.333. The molecule has 2 aromatic rings. The number of hydrogen-bond acceptors (Lipinski definition) is 3. The van der Waals surface area contributed by atoms with E-state index in [1.807, 2.05) is 0 Å². The molecule has 1 unspecified atom stereocenters. The van der Waals surface area contributed by atoms with Crippen molar-refractivity contribution in [3.05, 3.63) is 24.0 Å². The minimum atomic E-state index is -2.65. The Balaban J connectivity index is 0.00000200. The van der Waals surface area contributed by atoms with Gasteiger partial charge >= 0.3 is 0 Å². The molecule has 0 fully saturated rings. The molecule has 0 aliphatic heterocycles. The number of carbonyl (C=O) groups excluding carboxylic acids is 1. The summed E-state index contributed by atoms with van der Waals surface area (Å²) in [6.07, 6.45) is -2.45. The number of aromatic nitrogens is 2. The van der Waals surface area contributed by atoms with Gasteiger partial charge in [-0.3, -0.25) is 4.79 Å². The molecule has 0 radical (unpaired) electrons. The average Bonchev–Trinajstić information content (AvgIpc) is 2.70. The first-order valence-electron chi connectivity index (χ1n) is 5.79. The Labute approximate surface area is 120 Å². The van der Waals surface area contributed by atoms with E-state index in [4.69, 9.17) is 5.73 Å². The first-order chi connectivity index (χ1) is 8.95. The van der Waals surface area contributed by atoms with Gasteiger partial charge in [0.2, 0.25) is 5.91 Å². The maximum atomic E-state index is 12.5. The smallest absolute Gasteiger partial charge is 0.295 e. The van der Waals surface area contributed by atoms with Crippen LogP contribution in [-0.2, 0) is 4.79 Å². The summed E-state index contributed by atoms with van der Waals surface area (Å²) in [6, 6.07) is 4.51. The second-order valence-electron chi connectivity index (χ2n) is 4.38. The molecule has 0 aliphatic rings. The van der Waals surface area contributed by atoms with Gasteiger partial charge < -0.3 is 16.0 Å². The molecule has 20 heavy (non-hydrogen) atoms. The molecule has 0 aliphatic carbocycles. The maximum absolute atomic E-state index is 12.5.